The van der Waals surface area contributed by atoms with E-state index in [1.165, 1.54) is 6.92 Å². The minimum atomic E-state index is -0.651. The number of fused-ring (bicyclic) bond motifs is 1. The molecule has 3 rings (SSSR count). The number of carbonyl (C=O) groups excluding carboxylic acids is 2. The van der Waals surface area contributed by atoms with E-state index in [1.807, 2.05) is 0 Å². The number of carbonyl (C=O) groups is 2. The lowest BCUT2D eigenvalue weighted by Crippen LogP contribution is -2.16. The molecule has 2 heterocycles. The summed E-state index contributed by atoms with van der Waals surface area (Å²) in [5, 5.41) is 2.67. The lowest BCUT2D eigenvalue weighted by molar-refractivity contribution is -0.114. The number of benzene rings is 1. The minimum absolute atomic E-state index is 0.0247. The molecule has 1 aliphatic rings. The summed E-state index contributed by atoms with van der Waals surface area (Å²) in [5.41, 5.74) is 2.18. The number of nitrogens with one attached hydrogen (secondary N) is 2. The van der Waals surface area contributed by atoms with Crippen molar-refractivity contribution in [2.24, 2.45) is 0 Å². The van der Waals surface area contributed by atoms with Gasteiger partial charge in [0.2, 0.25) is 5.91 Å². The quantitative estimate of drug-likeness (QED) is 0.833. The number of esters is 1. The molecule has 0 bridgehead atoms. The van der Waals surface area contributed by atoms with Gasteiger partial charge in [-0.25, -0.2) is 4.79 Å². The molecule has 1 aliphatic heterocycles. The van der Waals surface area contributed by atoms with Crippen molar-refractivity contribution in [1.82, 2.24) is 4.98 Å². The number of hydrogen-bond donors (Lipinski definition) is 2. The Morgan fingerprint density at radius 3 is 2.57 bits per heavy atom. The molecule has 6 heteroatoms. The Morgan fingerprint density at radius 2 is 1.91 bits per heavy atom. The van der Waals surface area contributed by atoms with Crippen LogP contribution in [0.15, 0.2) is 35.1 Å². The smallest absolute Gasteiger partial charge is 0.349 e. The van der Waals surface area contributed by atoms with Crippen molar-refractivity contribution in [2.75, 3.05) is 5.32 Å². The van der Waals surface area contributed by atoms with E-state index in [-0.39, 0.29) is 11.5 Å². The fourth-order valence-corrected chi connectivity index (χ4v) is 2.42. The zero-order valence-electron chi connectivity index (χ0n) is 12.6. The van der Waals surface area contributed by atoms with Gasteiger partial charge in [-0.05, 0) is 36.8 Å². The SMILES string of the molecule is CC(=O)Nc1ccc(/C=C2\OC(=O)c3c2cc(C)[nH]c3=O)cc1. The van der Waals surface area contributed by atoms with Gasteiger partial charge >= 0.3 is 5.97 Å². The molecule has 2 N–H and O–H groups in total. The highest BCUT2D eigenvalue weighted by Crippen LogP contribution is 2.29. The molecule has 1 aromatic heterocycles. The van der Waals surface area contributed by atoms with Crippen LogP contribution in [0.3, 0.4) is 0 Å². The van der Waals surface area contributed by atoms with Crippen molar-refractivity contribution in [1.29, 1.82) is 0 Å². The molecular formula is C17H14N2O4. The molecule has 0 aliphatic carbocycles. The van der Waals surface area contributed by atoms with Gasteiger partial charge in [-0.3, -0.25) is 9.59 Å². The summed E-state index contributed by atoms with van der Waals surface area (Å²) in [7, 11) is 0. The number of H-pyrrole nitrogens is 1. The molecule has 0 spiro atoms. The summed E-state index contributed by atoms with van der Waals surface area (Å²) in [4.78, 5) is 37.3. The van der Waals surface area contributed by atoms with E-state index in [0.717, 1.165) is 5.56 Å². The van der Waals surface area contributed by atoms with Crippen LogP contribution in [0, 0.1) is 6.92 Å². The second-order valence-electron chi connectivity index (χ2n) is 5.27. The molecule has 0 radical (unpaired) electrons. The standard InChI is InChI=1S/C17H14N2O4/c1-9-7-13-14(23-17(22)15(13)16(21)18-9)8-11-3-5-12(6-4-11)19-10(2)20/h3-8H,1-2H3,(H,18,21)(H,19,20)/b14-8-. The summed E-state index contributed by atoms with van der Waals surface area (Å²) >= 11 is 0. The topological polar surface area (TPSA) is 88.3 Å². The second kappa shape index (κ2) is 5.57. The fraction of sp³-hybridized carbons (Fsp3) is 0.118. The Labute approximate surface area is 131 Å². The van der Waals surface area contributed by atoms with Crippen molar-refractivity contribution in [3.63, 3.8) is 0 Å². The number of amides is 1. The Bertz CT molecular complexity index is 892. The maximum absolute atomic E-state index is 11.9. The Hall–Kier alpha value is -3.15. The van der Waals surface area contributed by atoms with Gasteiger partial charge in [0, 0.05) is 23.9 Å². The van der Waals surface area contributed by atoms with Gasteiger partial charge < -0.3 is 15.0 Å². The van der Waals surface area contributed by atoms with Crippen LogP contribution < -0.4 is 10.9 Å². The van der Waals surface area contributed by atoms with Crippen LogP contribution in [0.25, 0.3) is 11.8 Å². The van der Waals surface area contributed by atoms with E-state index in [1.54, 1.807) is 43.3 Å². The predicted molar refractivity (Wildman–Crippen MR) is 85.8 cm³/mol. The van der Waals surface area contributed by atoms with Crippen molar-refractivity contribution in [3.05, 3.63) is 63.1 Å². The third-order valence-corrected chi connectivity index (χ3v) is 3.37. The summed E-state index contributed by atoms with van der Waals surface area (Å²) in [5.74, 6) is -0.460. The number of cyclic esters (lactones) is 1. The van der Waals surface area contributed by atoms with Gasteiger partial charge in [0.1, 0.15) is 11.3 Å². The van der Waals surface area contributed by atoms with Gasteiger partial charge in [0.25, 0.3) is 5.56 Å². The summed E-state index contributed by atoms with van der Waals surface area (Å²) in [6, 6.07) is 8.76. The maximum atomic E-state index is 11.9. The molecule has 0 saturated heterocycles. The summed E-state index contributed by atoms with van der Waals surface area (Å²) < 4.78 is 5.20. The molecule has 1 amide bonds. The van der Waals surface area contributed by atoms with Crippen LogP contribution in [0.1, 0.15) is 34.1 Å². The number of aryl methyl sites for hydroxylation is 1. The fourth-order valence-electron chi connectivity index (χ4n) is 2.42. The highest BCUT2D eigenvalue weighted by Gasteiger charge is 2.29. The Morgan fingerprint density at radius 1 is 1.22 bits per heavy atom. The third-order valence-electron chi connectivity index (χ3n) is 3.37. The van der Waals surface area contributed by atoms with E-state index in [4.69, 9.17) is 4.74 Å². The highest BCUT2D eigenvalue weighted by molar-refractivity contribution is 6.05. The number of anilines is 1. The number of hydrogen-bond acceptors (Lipinski definition) is 4. The maximum Gasteiger partial charge on any atom is 0.349 e. The van der Waals surface area contributed by atoms with Crippen LogP contribution in [0.4, 0.5) is 5.69 Å². The van der Waals surface area contributed by atoms with E-state index in [0.29, 0.717) is 22.7 Å². The zero-order chi connectivity index (χ0) is 16.6. The largest absolute Gasteiger partial charge is 0.422 e. The number of aromatic nitrogens is 1. The van der Waals surface area contributed by atoms with Crippen molar-refractivity contribution < 1.29 is 14.3 Å². The van der Waals surface area contributed by atoms with Crippen LogP contribution >= 0.6 is 0 Å². The number of aromatic amines is 1. The number of ether oxygens (including phenoxy) is 1. The van der Waals surface area contributed by atoms with Crippen LogP contribution in [0.5, 0.6) is 0 Å². The Balaban J connectivity index is 1.98. The summed E-state index contributed by atoms with van der Waals surface area (Å²) in [6.45, 7) is 3.18. The van der Waals surface area contributed by atoms with Crippen molar-refractivity contribution in [3.8, 4) is 0 Å². The van der Waals surface area contributed by atoms with Crippen LogP contribution in [0.2, 0.25) is 0 Å². The van der Waals surface area contributed by atoms with Gasteiger partial charge in [-0.15, -0.1) is 0 Å². The summed E-state index contributed by atoms with van der Waals surface area (Å²) in [6.07, 6.45) is 1.68. The lowest BCUT2D eigenvalue weighted by atomic mass is 10.1. The molecular weight excluding hydrogens is 296 g/mol. The first-order chi connectivity index (χ1) is 10.9. The second-order valence-corrected chi connectivity index (χ2v) is 5.27. The van der Waals surface area contributed by atoms with E-state index in [9.17, 15) is 14.4 Å². The van der Waals surface area contributed by atoms with Gasteiger partial charge in [0.05, 0.1) is 0 Å². The first-order valence-corrected chi connectivity index (χ1v) is 7.00. The average molecular weight is 310 g/mol. The Kier molecular flexibility index (Phi) is 3.57. The average Bonchev–Trinajstić information content (AvgIpc) is 2.77. The molecule has 0 fully saturated rings. The van der Waals surface area contributed by atoms with Gasteiger partial charge in [-0.2, -0.15) is 0 Å². The first-order valence-electron chi connectivity index (χ1n) is 7.00. The first kappa shape index (κ1) is 14.8. The number of pyridine rings is 1. The van der Waals surface area contributed by atoms with Crippen molar-refractivity contribution >= 4 is 29.4 Å². The predicted octanol–water partition coefficient (Wildman–Crippen LogP) is 2.31. The van der Waals surface area contributed by atoms with E-state index in [2.05, 4.69) is 10.3 Å². The normalized spacial score (nSPS) is 14.5. The molecule has 0 saturated carbocycles. The van der Waals surface area contributed by atoms with Gasteiger partial charge in [-0.1, -0.05) is 12.1 Å². The molecule has 6 nitrogen and oxygen atoms in total. The molecule has 0 unspecified atom stereocenters. The third kappa shape index (κ3) is 2.91. The monoisotopic (exact) mass is 310 g/mol. The number of rotatable bonds is 2. The van der Waals surface area contributed by atoms with Gasteiger partial charge in [0.15, 0.2) is 0 Å². The molecule has 0 atom stereocenters. The van der Waals surface area contributed by atoms with E-state index < -0.39 is 11.5 Å². The molecule has 23 heavy (non-hydrogen) atoms. The van der Waals surface area contributed by atoms with Crippen LogP contribution in [-0.2, 0) is 9.53 Å². The lowest BCUT2D eigenvalue weighted by Gasteiger charge is -2.03. The van der Waals surface area contributed by atoms with Crippen molar-refractivity contribution in [2.45, 2.75) is 13.8 Å². The van der Waals surface area contributed by atoms with Crippen LogP contribution in [-0.4, -0.2) is 16.9 Å². The highest BCUT2D eigenvalue weighted by atomic mass is 16.5. The van der Waals surface area contributed by atoms with E-state index >= 15 is 0 Å². The molecule has 116 valence electrons. The zero-order valence-corrected chi connectivity index (χ0v) is 12.6. The molecule has 2 aromatic rings. The minimum Gasteiger partial charge on any atom is -0.422 e. The molecule has 1 aromatic carbocycles.